The van der Waals surface area contributed by atoms with Crippen molar-refractivity contribution in [1.82, 2.24) is 15.1 Å². The molecular weight excluding hydrogens is 297 g/mol. The van der Waals surface area contributed by atoms with Gasteiger partial charge in [-0.3, -0.25) is 9.69 Å². The number of nitrogens with zero attached hydrogens (tertiary/aromatic N) is 2. The Morgan fingerprint density at radius 3 is 2.25 bits per heavy atom. The van der Waals surface area contributed by atoms with Crippen LogP contribution in [0.15, 0.2) is 0 Å². The van der Waals surface area contributed by atoms with Gasteiger partial charge >= 0.3 is 0 Å². The van der Waals surface area contributed by atoms with Gasteiger partial charge in [-0.25, -0.2) is 0 Å². The maximum atomic E-state index is 12.0. The Morgan fingerprint density at radius 2 is 1.75 bits per heavy atom. The Bertz CT molecular complexity index is 278. The Hall–Kier alpha value is -0.0300. The van der Waals surface area contributed by atoms with E-state index in [1.54, 1.807) is 0 Å². The summed E-state index contributed by atoms with van der Waals surface area (Å²) in [5.41, 5.74) is 0. The van der Waals surface area contributed by atoms with Gasteiger partial charge in [0.25, 0.3) is 0 Å². The Morgan fingerprint density at radius 1 is 1.15 bits per heavy atom. The first kappa shape index (κ1) is 20.0. The first-order valence-corrected chi connectivity index (χ1v) is 7.36. The number of amides is 1. The monoisotopic (exact) mass is 325 g/mol. The molecule has 2 rings (SSSR count). The molecule has 1 saturated carbocycles. The summed E-state index contributed by atoms with van der Waals surface area (Å²) in [6.07, 6.45) is 2.68. The standard InChI is InChI=1S/C14H27N3O.2ClH/c1-12(2)11-16-5-7-17(8-6-16)14(18)10-15-9-13-3-4-13;;/h12-13,15H,3-11H2,1-2H3;2*1H. The number of rotatable bonds is 6. The molecule has 1 aliphatic heterocycles. The van der Waals surface area contributed by atoms with E-state index >= 15 is 0 Å². The van der Waals surface area contributed by atoms with Gasteiger partial charge in [0.05, 0.1) is 6.54 Å². The molecule has 2 fully saturated rings. The van der Waals surface area contributed by atoms with Crippen LogP contribution in [0.4, 0.5) is 0 Å². The maximum absolute atomic E-state index is 12.0. The second kappa shape index (κ2) is 9.82. The minimum Gasteiger partial charge on any atom is -0.339 e. The minimum atomic E-state index is 0. The van der Waals surface area contributed by atoms with E-state index in [-0.39, 0.29) is 30.7 Å². The van der Waals surface area contributed by atoms with Crippen LogP contribution in [0, 0.1) is 11.8 Å². The van der Waals surface area contributed by atoms with Crippen LogP contribution >= 0.6 is 24.8 Å². The number of carbonyl (C=O) groups excluding carboxylic acids is 1. The summed E-state index contributed by atoms with van der Waals surface area (Å²) in [4.78, 5) is 16.4. The molecule has 0 aromatic heterocycles. The molecule has 4 nitrogen and oxygen atoms in total. The summed E-state index contributed by atoms with van der Waals surface area (Å²) in [6.45, 7) is 11.1. The second-order valence-corrected chi connectivity index (χ2v) is 6.15. The van der Waals surface area contributed by atoms with Crippen LogP contribution in [-0.2, 0) is 4.79 Å². The fraction of sp³-hybridized carbons (Fsp3) is 0.929. The van der Waals surface area contributed by atoms with Crippen molar-refractivity contribution in [3.05, 3.63) is 0 Å². The Kier molecular flexibility index (Phi) is 9.81. The van der Waals surface area contributed by atoms with Crippen molar-refractivity contribution >= 4 is 30.7 Å². The van der Waals surface area contributed by atoms with Gasteiger partial charge < -0.3 is 10.2 Å². The van der Waals surface area contributed by atoms with Gasteiger partial charge in [-0.2, -0.15) is 0 Å². The van der Waals surface area contributed by atoms with Crippen LogP contribution in [0.5, 0.6) is 0 Å². The highest BCUT2D eigenvalue weighted by Gasteiger charge is 2.23. The lowest BCUT2D eigenvalue weighted by Gasteiger charge is -2.35. The molecule has 1 saturated heterocycles. The molecule has 0 unspecified atom stereocenters. The van der Waals surface area contributed by atoms with E-state index in [4.69, 9.17) is 0 Å². The van der Waals surface area contributed by atoms with E-state index in [0.29, 0.717) is 12.5 Å². The minimum absolute atomic E-state index is 0. The Balaban J connectivity index is 0.00000180. The van der Waals surface area contributed by atoms with Gasteiger partial charge in [-0.1, -0.05) is 13.8 Å². The SMILES string of the molecule is CC(C)CN1CCN(C(=O)CNCC2CC2)CC1.Cl.Cl. The number of halogens is 2. The van der Waals surface area contributed by atoms with E-state index < -0.39 is 0 Å². The summed E-state index contributed by atoms with van der Waals surface area (Å²) in [6, 6.07) is 0. The molecule has 1 aliphatic carbocycles. The van der Waals surface area contributed by atoms with Crippen molar-refractivity contribution in [3.8, 4) is 0 Å². The van der Waals surface area contributed by atoms with Crippen molar-refractivity contribution in [2.24, 2.45) is 11.8 Å². The molecule has 1 N–H and O–H groups in total. The van der Waals surface area contributed by atoms with Crippen LogP contribution < -0.4 is 5.32 Å². The van der Waals surface area contributed by atoms with Crippen LogP contribution in [0.1, 0.15) is 26.7 Å². The third-order valence-corrected chi connectivity index (χ3v) is 3.75. The first-order valence-electron chi connectivity index (χ1n) is 7.36. The molecule has 120 valence electrons. The maximum Gasteiger partial charge on any atom is 0.236 e. The van der Waals surface area contributed by atoms with E-state index in [1.807, 2.05) is 4.90 Å². The van der Waals surface area contributed by atoms with Crippen LogP contribution in [0.2, 0.25) is 0 Å². The topological polar surface area (TPSA) is 35.6 Å². The zero-order chi connectivity index (χ0) is 13.0. The zero-order valence-corrected chi connectivity index (χ0v) is 14.3. The molecule has 1 amide bonds. The predicted molar refractivity (Wildman–Crippen MR) is 87.9 cm³/mol. The van der Waals surface area contributed by atoms with Gasteiger partial charge in [-0.05, 0) is 31.2 Å². The molecule has 0 spiro atoms. The molecule has 0 atom stereocenters. The predicted octanol–water partition coefficient (Wildman–Crippen LogP) is 1.63. The fourth-order valence-electron chi connectivity index (χ4n) is 2.51. The van der Waals surface area contributed by atoms with Crippen LogP contribution in [-0.4, -0.2) is 61.5 Å². The van der Waals surface area contributed by atoms with Crippen LogP contribution in [0.3, 0.4) is 0 Å². The lowest BCUT2D eigenvalue weighted by Crippen LogP contribution is -2.51. The molecule has 20 heavy (non-hydrogen) atoms. The number of piperazine rings is 1. The van der Waals surface area contributed by atoms with Crippen LogP contribution in [0.25, 0.3) is 0 Å². The summed E-state index contributed by atoms with van der Waals surface area (Å²) in [7, 11) is 0. The van der Waals surface area contributed by atoms with Crippen molar-refractivity contribution in [2.45, 2.75) is 26.7 Å². The number of carbonyl (C=O) groups is 1. The molecular formula is C14H29Cl2N3O. The largest absolute Gasteiger partial charge is 0.339 e. The molecule has 2 aliphatic rings. The first-order chi connectivity index (χ1) is 8.65. The normalized spacial score (nSPS) is 19.4. The number of hydrogen-bond donors (Lipinski definition) is 1. The van der Waals surface area contributed by atoms with Crippen molar-refractivity contribution in [3.63, 3.8) is 0 Å². The van der Waals surface area contributed by atoms with Crippen molar-refractivity contribution in [1.29, 1.82) is 0 Å². The summed E-state index contributed by atoms with van der Waals surface area (Å²) < 4.78 is 0. The van der Waals surface area contributed by atoms with Gasteiger partial charge in [-0.15, -0.1) is 24.8 Å². The lowest BCUT2D eigenvalue weighted by atomic mass is 10.2. The summed E-state index contributed by atoms with van der Waals surface area (Å²) in [5, 5.41) is 3.28. The highest BCUT2D eigenvalue weighted by Crippen LogP contribution is 2.27. The fourth-order valence-corrected chi connectivity index (χ4v) is 2.51. The average molecular weight is 326 g/mol. The van der Waals surface area contributed by atoms with E-state index in [1.165, 1.54) is 12.8 Å². The third-order valence-electron chi connectivity index (χ3n) is 3.75. The average Bonchev–Trinajstić information content (AvgIpc) is 3.13. The lowest BCUT2D eigenvalue weighted by molar-refractivity contribution is -0.132. The van der Waals surface area contributed by atoms with E-state index in [2.05, 4.69) is 24.1 Å². The quantitative estimate of drug-likeness (QED) is 0.806. The summed E-state index contributed by atoms with van der Waals surface area (Å²) >= 11 is 0. The molecule has 0 bridgehead atoms. The molecule has 6 heteroatoms. The van der Waals surface area contributed by atoms with Crippen molar-refractivity contribution < 1.29 is 4.79 Å². The second-order valence-electron chi connectivity index (χ2n) is 6.15. The Labute approximate surface area is 135 Å². The number of nitrogens with one attached hydrogen (secondary N) is 1. The molecule has 0 aromatic rings. The smallest absolute Gasteiger partial charge is 0.236 e. The summed E-state index contributed by atoms with van der Waals surface area (Å²) in [5.74, 6) is 1.84. The van der Waals surface area contributed by atoms with Crippen molar-refractivity contribution in [2.75, 3.05) is 45.8 Å². The molecule has 0 aromatic carbocycles. The molecule has 1 heterocycles. The highest BCUT2D eigenvalue weighted by atomic mass is 35.5. The van der Waals surface area contributed by atoms with E-state index in [9.17, 15) is 4.79 Å². The van der Waals surface area contributed by atoms with E-state index in [0.717, 1.165) is 45.2 Å². The zero-order valence-electron chi connectivity index (χ0n) is 12.6. The van der Waals surface area contributed by atoms with Gasteiger partial charge in [0.15, 0.2) is 0 Å². The van der Waals surface area contributed by atoms with Gasteiger partial charge in [0.1, 0.15) is 0 Å². The highest BCUT2D eigenvalue weighted by molar-refractivity contribution is 5.85. The molecule has 0 radical (unpaired) electrons. The number of hydrogen-bond acceptors (Lipinski definition) is 3. The van der Waals surface area contributed by atoms with Gasteiger partial charge in [0, 0.05) is 32.7 Å². The third kappa shape index (κ3) is 7.11. The van der Waals surface area contributed by atoms with Gasteiger partial charge in [0.2, 0.25) is 5.91 Å².